The Bertz CT molecular complexity index is 1020. The number of rotatable bonds is 3. The lowest BCUT2D eigenvalue weighted by Crippen LogP contribution is -2.23. The molecule has 8 heteroatoms. The Morgan fingerprint density at radius 1 is 1.23 bits per heavy atom. The molecule has 1 N–H and O–H groups in total. The number of nitrogens with zero attached hydrogens (tertiary/aromatic N) is 1. The number of aryl methyl sites for hydroxylation is 1. The third-order valence-corrected chi connectivity index (χ3v) is 4.31. The summed E-state index contributed by atoms with van der Waals surface area (Å²) in [5.41, 5.74) is 0.126. The quantitative estimate of drug-likeness (QED) is 0.736. The molecule has 4 nitrogen and oxygen atoms in total. The number of hydrogen-bond acceptors (Lipinski definition) is 4. The van der Waals surface area contributed by atoms with E-state index in [4.69, 9.17) is 11.6 Å². The number of carboxylic acid groups (broad SMARTS) is 1. The number of carboxylic acids is 1. The summed E-state index contributed by atoms with van der Waals surface area (Å²) >= 11 is 6.06. The molecule has 0 unspecified atom stereocenters. The lowest BCUT2D eigenvalue weighted by Gasteiger charge is -2.17. The fourth-order valence-corrected chi connectivity index (χ4v) is 2.74. The van der Waals surface area contributed by atoms with Crippen LogP contribution in [-0.2, 0) is 6.18 Å². The van der Waals surface area contributed by atoms with E-state index in [2.05, 4.69) is 10.3 Å². The third-order valence-electron chi connectivity index (χ3n) is 3.91. The predicted molar refractivity (Wildman–Crippen MR) is 90.5 cm³/mol. The summed E-state index contributed by atoms with van der Waals surface area (Å²) < 4.78 is 38.7. The molecule has 3 rings (SSSR count). The predicted octanol–water partition coefficient (Wildman–Crippen LogP) is 4.32. The fourth-order valence-electron chi connectivity index (χ4n) is 2.59. The Morgan fingerprint density at radius 3 is 2.62 bits per heavy atom. The zero-order valence-electron chi connectivity index (χ0n) is 13.3. The number of alkyl halides is 3. The molecular weight excluding hydrogens is 369 g/mol. The Labute approximate surface area is 151 Å². The highest BCUT2D eigenvalue weighted by Crippen LogP contribution is 2.35. The van der Waals surface area contributed by atoms with Gasteiger partial charge in [0.05, 0.1) is 22.7 Å². The van der Waals surface area contributed by atoms with Gasteiger partial charge in [-0.25, -0.2) is 0 Å². The van der Waals surface area contributed by atoms with Crippen LogP contribution in [0, 0.1) is 6.92 Å². The molecule has 0 radical (unpaired) electrons. The van der Waals surface area contributed by atoms with E-state index in [0.29, 0.717) is 21.5 Å². The number of fused-ring (bicyclic) bond motifs is 1. The van der Waals surface area contributed by atoms with Crippen molar-refractivity contribution in [3.8, 4) is 0 Å². The van der Waals surface area contributed by atoms with Crippen molar-refractivity contribution in [3.05, 3.63) is 64.3 Å². The monoisotopic (exact) mass is 379 g/mol. The van der Waals surface area contributed by atoms with Crippen molar-refractivity contribution in [3.63, 3.8) is 0 Å². The second-order valence-corrected chi connectivity index (χ2v) is 6.01. The molecule has 0 spiro atoms. The molecule has 26 heavy (non-hydrogen) atoms. The SMILES string of the molecule is Cc1c(Cl)ccc2c(Nc3cccc(C(F)(F)F)c3)c(C(=O)[O-])cnc12. The Balaban J connectivity index is 2.19. The first-order chi connectivity index (χ1) is 12.2. The number of aromatic nitrogens is 1. The molecule has 134 valence electrons. The number of aromatic carboxylic acids is 1. The molecule has 0 fully saturated rings. The van der Waals surface area contributed by atoms with Gasteiger partial charge in [0.2, 0.25) is 0 Å². The number of carbonyl (C=O) groups excluding carboxylic acids is 1. The fraction of sp³-hybridized carbons (Fsp3) is 0.111. The molecule has 0 aliphatic rings. The van der Waals surface area contributed by atoms with Gasteiger partial charge in [-0.2, -0.15) is 13.2 Å². The first kappa shape index (κ1) is 18.0. The van der Waals surface area contributed by atoms with Crippen LogP contribution in [-0.4, -0.2) is 11.0 Å². The second kappa shape index (κ2) is 6.49. The first-order valence-corrected chi connectivity index (χ1v) is 7.79. The van der Waals surface area contributed by atoms with Gasteiger partial charge in [-0.05, 0) is 42.8 Å². The van der Waals surface area contributed by atoms with Gasteiger partial charge in [-0.1, -0.05) is 17.7 Å². The van der Waals surface area contributed by atoms with Crippen molar-refractivity contribution >= 4 is 39.8 Å². The molecule has 0 atom stereocenters. The number of hydrogen-bond donors (Lipinski definition) is 1. The number of carbonyl (C=O) groups is 1. The van der Waals surface area contributed by atoms with Crippen LogP contribution in [0.4, 0.5) is 24.5 Å². The number of anilines is 2. The van der Waals surface area contributed by atoms with Crippen LogP contribution in [0.5, 0.6) is 0 Å². The van der Waals surface area contributed by atoms with Crippen molar-refractivity contribution in [2.75, 3.05) is 5.32 Å². The Hall–Kier alpha value is -2.80. The van der Waals surface area contributed by atoms with E-state index >= 15 is 0 Å². The number of benzene rings is 2. The summed E-state index contributed by atoms with van der Waals surface area (Å²) in [5, 5.41) is 15.0. The molecular formula is C18H11ClF3N2O2-. The van der Waals surface area contributed by atoms with Crippen LogP contribution in [0.1, 0.15) is 21.5 Å². The van der Waals surface area contributed by atoms with Crippen LogP contribution >= 0.6 is 11.6 Å². The topological polar surface area (TPSA) is 65.0 Å². The molecule has 0 saturated carbocycles. The van der Waals surface area contributed by atoms with E-state index in [1.165, 1.54) is 12.1 Å². The molecule has 0 bridgehead atoms. The number of halogens is 4. The average Bonchev–Trinajstić information content (AvgIpc) is 2.57. The van der Waals surface area contributed by atoms with Gasteiger partial charge in [-0.3, -0.25) is 4.98 Å². The molecule has 1 heterocycles. The van der Waals surface area contributed by atoms with E-state index in [9.17, 15) is 23.1 Å². The van der Waals surface area contributed by atoms with Gasteiger partial charge in [0.15, 0.2) is 0 Å². The maximum absolute atomic E-state index is 12.9. The lowest BCUT2D eigenvalue weighted by molar-refractivity contribution is -0.254. The number of pyridine rings is 1. The molecule has 0 aliphatic heterocycles. The summed E-state index contributed by atoms with van der Waals surface area (Å²) in [6.07, 6.45) is -3.42. The maximum atomic E-state index is 12.9. The molecule has 3 aromatic rings. The van der Waals surface area contributed by atoms with Gasteiger partial charge in [0.25, 0.3) is 0 Å². The normalized spacial score (nSPS) is 11.6. The zero-order chi connectivity index (χ0) is 19.1. The minimum Gasteiger partial charge on any atom is -0.545 e. The summed E-state index contributed by atoms with van der Waals surface area (Å²) in [7, 11) is 0. The summed E-state index contributed by atoms with van der Waals surface area (Å²) in [6.45, 7) is 1.71. The minimum atomic E-state index is -4.51. The molecule has 0 aliphatic carbocycles. The highest BCUT2D eigenvalue weighted by molar-refractivity contribution is 6.32. The Kier molecular flexibility index (Phi) is 4.50. The maximum Gasteiger partial charge on any atom is 0.416 e. The van der Waals surface area contributed by atoms with Crippen LogP contribution in [0.25, 0.3) is 10.9 Å². The standard InChI is InChI=1S/C18H12ClF3N2O2/c1-9-14(19)6-5-12-15(9)23-8-13(17(25)26)16(12)24-11-4-2-3-10(7-11)18(20,21)22/h2-8H,1H3,(H,23,24)(H,25,26)/p-1. The van der Waals surface area contributed by atoms with E-state index in [1.807, 2.05) is 0 Å². The zero-order valence-corrected chi connectivity index (χ0v) is 14.1. The van der Waals surface area contributed by atoms with Gasteiger partial charge in [0, 0.05) is 27.9 Å². The van der Waals surface area contributed by atoms with Gasteiger partial charge in [0.1, 0.15) is 0 Å². The Morgan fingerprint density at radius 2 is 1.96 bits per heavy atom. The highest BCUT2D eigenvalue weighted by atomic mass is 35.5. The molecule has 2 aromatic carbocycles. The van der Waals surface area contributed by atoms with Crippen molar-refractivity contribution in [2.45, 2.75) is 13.1 Å². The van der Waals surface area contributed by atoms with Gasteiger partial charge < -0.3 is 15.2 Å². The molecule has 1 aromatic heterocycles. The van der Waals surface area contributed by atoms with E-state index in [1.54, 1.807) is 19.1 Å². The smallest absolute Gasteiger partial charge is 0.416 e. The number of nitrogens with one attached hydrogen (secondary N) is 1. The van der Waals surface area contributed by atoms with Crippen molar-refractivity contribution in [1.82, 2.24) is 4.98 Å². The minimum absolute atomic E-state index is 0.0856. The lowest BCUT2D eigenvalue weighted by atomic mass is 10.1. The highest BCUT2D eigenvalue weighted by Gasteiger charge is 2.30. The average molecular weight is 380 g/mol. The van der Waals surface area contributed by atoms with Crippen LogP contribution in [0.15, 0.2) is 42.6 Å². The van der Waals surface area contributed by atoms with Crippen LogP contribution in [0.2, 0.25) is 5.02 Å². The third kappa shape index (κ3) is 3.30. The van der Waals surface area contributed by atoms with Crippen molar-refractivity contribution in [1.29, 1.82) is 0 Å². The van der Waals surface area contributed by atoms with E-state index < -0.39 is 17.7 Å². The van der Waals surface area contributed by atoms with Crippen LogP contribution in [0.3, 0.4) is 0 Å². The molecule has 0 amide bonds. The molecule has 0 saturated heterocycles. The summed E-state index contributed by atoms with van der Waals surface area (Å²) in [5.74, 6) is -1.50. The van der Waals surface area contributed by atoms with E-state index in [0.717, 1.165) is 18.3 Å². The second-order valence-electron chi connectivity index (χ2n) is 5.61. The summed E-state index contributed by atoms with van der Waals surface area (Å²) in [6, 6.07) is 7.59. The van der Waals surface area contributed by atoms with E-state index in [-0.39, 0.29) is 16.9 Å². The van der Waals surface area contributed by atoms with Crippen molar-refractivity contribution < 1.29 is 23.1 Å². The van der Waals surface area contributed by atoms with Gasteiger partial charge in [-0.15, -0.1) is 0 Å². The van der Waals surface area contributed by atoms with Crippen LogP contribution < -0.4 is 10.4 Å². The largest absolute Gasteiger partial charge is 0.545 e. The summed E-state index contributed by atoms with van der Waals surface area (Å²) in [4.78, 5) is 15.5. The van der Waals surface area contributed by atoms with Gasteiger partial charge >= 0.3 is 6.18 Å². The van der Waals surface area contributed by atoms with Crippen molar-refractivity contribution in [2.24, 2.45) is 0 Å². The first-order valence-electron chi connectivity index (χ1n) is 7.42.